The second kappa shape index (κ2) is 6.84. The molecule has 126 valence electrons. The molecule has 1 aliphatic rings. The Morgan fingerprint density at radius 1 is 1.25 bits per heavy atom. The van der Waals surface area contributed by atoms with Gasteiger partial charge in [0.1, 0.15) is 11.6 Å². The number of carbonyl (C=O) groups excluding carboxylic acids is 1. The fourth-order valence-electron chi connectivity index (χ4n) is 2.79. The Balaban J connectivity index is 1.70. The van der Waals surface area contributed by atoms with Crippen LogP contribution in [-0.4, -0.2) is 41.2 Å². The Labute approximate surface area is 140 Å². The molecule has 0 radical (unpaired) electrons. The van der Waals surface area contributed by atoms with Gasteiger partial charge in [0.05, 0.1) is 23.5 Å². The summed E-state index contributed by atoms with van der Waals surface area (Å²) in [7, 11) is 0. The molecule has 2 unspecified atom stereocenters. The minimum Gasteiger partial charge on any atom is -0.382 e. The van der Waals surface area contributed by atoms with E-state index in [4.69, 9.17) is 10.5 Å². The van der Waals surface area contributed by atoms with Crippen molar-refractivity contribution in [3.05, 3.63) is 42.2 Å². The summed E-state index contributed by atoms with van der Waals surface area (Å²) in [5, 5.41) is 2.74. The lowest BCUT2D eigenvalue weighted by molar-refractivity contribution is -0.00546. The van der Waals surface area contributed by atoms with Gasteiger partial charge in [0.15, 0.2) is 0 Å². The predicted octanol–water partition coefficient (Wildman–Crippen LogP) is 1.92. The van der Waals surface area contributed by atoms with Crippen LogP contribution in [0.1, 0.15) is 24.2 Å². The van der Waals surface area contributed by atoms with E-state index >= 15 is 0 Å². The van der Waals surface area contributed by atoms with E-state index in [-0.39, 0.29) is 23.9 Å². The van der Waals surface area contributed by atoms with Gasteiger partial charge < -0.3 is 20.7 Å². The molecule has 7 heteroatoms. The molecule has 0 spiro atoms. The molecule has 0 bridgehead atoms. The van der Waals surface area contributed by atoms with Gasteiger partial charge in [-0.2, -0.15) is 0 Å². The molecule has 24 heavy (non-hydrogen) atoms. The molecule has 2 aromatic rings. The molecule has 7 nitrogen and oxygen atoms in total. The Morgan fingerprint density at radius 2 is 2.00 bits per heavy atom. The zero-order chi connectivity index (χ0) is 17.1. The number of ether oxygens (including phenoxy) is 1. The number of nitrogens with one attached hydrogen (secondary N) is 1. The predicted molar refractivity (Wildman–Crippen MR) is 93.1 cm³/mol. The van der Waals surface area contributed by atoms with Crippen molar-refractivity contribution in [2.24, 2.45) is 0 Å². The summed E-state index contributed by atoms with van der Waals surface area (Å²) in [6, 6.07) is 7.04. The van der Waals surface area contributed by atoms with E-state index in [9.17, 15) is 4.79 Å². The monoisotopic (exact) mass is 327 g/mol. The lowest BCUT2D eigenvalue weighted by Crippen LogP contribution is -2.45. The summed E-state index contributed by atoms with van der Waals surface area (Å²) in [5.41, 5.74) is 6.69. The van der Waals surface area contributed by atoms with E-state index < -0.39 is 0 Å². The Hall–Kier alpha value is -2.67. The second-order valence-electron chi connectivity index (χ2n) is 5.96. The lowest BCUT2D eigenvalue weighted by Gasteiger charge is -2.36. The smallest absolute Gasteiger partial charge is 0.257 e. The van der Waals surface area contributed by atoms with Gasteiger partial charge in [-0.3, -0.25) is 4.79 Å². The van der Waals surface area contributed by atoms with Crippen molar-refractivity contribution in [3.63, 3.8) is 0 Å². The molecule has 0 aromatic carbocycles. The first kappa shape index (κ1) is 16.2. The Morgan fingerprint density at radius 3 is 2.62 bits per heavy atom. The quantitative estimate of drug-likeness (QED) is 0.894. The number of aromatic nitrogens is 2. The van der Waals surface area contributed by atoms with Gasteiger partial charge in [-0.25, -0.2) is 9.97 Å². The molecular formula is C17H21N5O2. The zero-order valence-corrected chi connectivity index (χ0v) is 13.8. The number of nitrogens with zero attached hydrogens (tertiary/aromatic N) is 3. The summed E-state index contributed by atoms with van der Waals surface area (Å²) in [6.45, 7) is 5.66. The molecule has 1 aliphatic heterocycles. The first-order valence-electron chi connectivity index (χ1n) is 7.91. The largest absolute Gasteiger partial charge is 0.382 e. The standard InChI is InChI=1S/C17H21N5O2/c1-11-9-22(10-12(2)24-11)15-6-5-13(8-20-15)17(23)21-14-4-3-7-19-16(14)18/h3-8,11-12H,9-10H2,1-2H3,(H2,18,19)(H,21,23). The topological polar surface area (TPSA) is 93.4 Å². The maximum absolute atomic E-state index is 12.3. The summed E-state index contributed by atoms with van der Waals surface area (Å²) in [4.78, 5) is 22.8. The lowest BCUT2D eigenvalue weighted by atomic mass is 10.2. The van der Waals surface area contributed by atoms with Crippen molar-refractivity contribution >= 4 is 23.2 Å². The molecule has 0 saturated carbocycles. The van der Waals surface area contributed by atoms with Crippen LogP contribution in [0.15, 0.2) is 36.7 Å². The van der Waals surface area contributed by atoms with Crippen molar-refractivity contribution in [1.82, 2.24) is 9.97 Å². The van der Waals surface area contributed by atoms with Crippen LogP contribution in [0, 0.1) is 0 Å². The first-order valence-corrected chi connectivity index (χ1v) is 7.91. The van der Waals surface area contributed by atoms with Crippen LogP contribution in [0.25, 0.3) is 0 Å². The number of morpholine rings is 1. The normalized spacial score (nSPS) is 20.7. The van der Waals surface area contributed by atoms with Gasteiger partial charge in [-0.1, -0.05) is 0 Å². The molecule has 1 fully saturated rings. The molecule has 3 N–H and O–H groups in total. The zero-order valence-electron chi connectivity index (χ0n) is 13.8. The number of carbonyl (C=O) groups is 1. The summed E-state index contributed by atoms with van der Waals surface area (Å²) < 4.78 is 5.73. The third-order valence-electron chi connectivity index (χ3n) is 3.84. The van der Waals surface area contributed by atoms with E-state index in [0.29, 0.717) is 11.3 Å². The number of amides is 1. The van der Waals surface area contributed by atoms with Gasteiger partial charge in [-0.15, -0.1) is 0 Å². The van der Waals surface area contributed by atoms with E-state index in [0.717, 1.165) is 18.9 Å². The highest BCUT2D eigenvalue weighted by Gasteiger charge is 2.23. The number of nitrogen functional groups attached to an aromatic ring is 1. The number of hydrogen-bond acceptors (Lipinski definition) is 6. The SMILES string of the molecule is CC1CN(c2ccc(C(=O)Nc3cccnc3N)cn2)CC(C)O1. The van der Waals surface area contributed by atoms with Crippen LogP contribution >= 0.6 is 0 Å². The van der Waals surface area contributed by atoms with Gasteiger partial charge in [-0.05, 0) is 38.1 Å². The van der Waals surface area contributed by atoms with Gasteiger partial charge in [0.2, 0.25) is 0 Å². The fraction of sp³-hybridized carbons (Fsp3) is 0.353. The third-order valence-corrected chi connectivity index (χ3v) is 3.84. The minimum atomic E-state index is -0.266. The molecule has 3 rings (SSSR count). The van der Waals surface area contributed by atoms with Crippen LogP contribution in [0.2, 0.25) is 0 Å². The van der Waals surface area contributed by atoms with Crippen molar-refractivity contribution in [3.8, 4) is 0 Å². The van der Waals surface area contributed by atoms with Crippen molar-refractivity contribution in [1.29, 1.82) is 0 Å². The number of anilines is 3. The van der Waals surface area contributed by atoms with Crippen LogP contribution in [0.3, 0.4) is 0 Å². The molecule has 1 amide bonds. The number of nitrogens with two attached hydrogens (primary N) is 1. The Bertz CT molecular complexity index is 709. The van der Waals surface area contributed by atoms with Gasteiger partial charge in [0.25, 0.3) is 5.91 Å². The number of pyridine rings is 2. The van der Waals surface area contributed by atoms with E-state index in [2.05, 4.69) is 20.2 Å². The average Bonchev–Trinajstić information content (AvgIpc) is 2.56. The fourth-order valence-corrected chi connectivity index (χ4v) is 2.79. The third kappa shape index (κ3) is 3.62. The molecule has 1 saturated heterocycles. The maximum atomic E-state index is 12.3. The van der Waals surface area contributed by atoms with Crippen molar-refractivity contribution < 1.29 is 9.53 Å². The Kier molecular flexibility index (Phi) is 4.61. The van der Waals surface area contributed by atoms with Crippen LogP contribution in [-0.2, 0) is 4.74 Å². The van der Waals surface area contributed by atoms with E-state index in [1.165, 1.54) is 0 Å². The van der Waals surface area contributed by atoms with Crippen molar-refractivity contribution in [2.45, 2.75) is 26.1 Å². The molecule has 3 heterocycles. The highest BCUT2D eigenvalue weighted by molar-refractivity contribution is 6.05. The number of rotatable bonds is 3. The molecular weight excluding hydrogens is 306 g/mol. The highest BCUT2D eigenvalue weighted by Crippen LogP contribution is 2.19. The summed E-state index contributed by atoms with van der Waals surface area (Å²) >= 11 is 0. The average molecular weight is 327 g/mol. The summed E-state index contributed by atoms with van der Waals surface area (Å²) in [6.07, 6.45) is 3.47. The van der Waals surface area contributed by atoms with E-state index in [1.54, 1.807) is 30.6 Å². The summed E-state index contributed by atoms with van der Waals surface area (Å²) in [5.74, 6) is 0.860. The van der Waals surface area contributed by atoms with Crippen LogP contribution < -0.4 is 16.0 Å². The van der Waals surface area contributed by atoms with Gasteiger partial charge >= 0.3 is 0 Å². The maximum Gasteiger partial charge on any atom is 0.257 e. The van der Waals surface area contributed by atoms with Crippen LogP contribution in [0.4, 0.5) is 17.3 Å². The van der Waals surface area contributed by atoms with Crippen LogP contribution in [0.5, 0.6) is 0 Å². The molecule has 2 aromatic heterocycles. The molecule has 0 aliphatic carbocycles. The highest BCUT2D eigenvalue weighted by atomic mass is 16.5. The number of hydrogen-bond donors (Lipinski definition) is 2. The van der Waals surface area contributed by atoms with Crippen molar-refractivity contribution in [2.75, 3.05) is 29.0 Å². The van der Waals surface area contributed by atoms with E-state index in [1.807, 2.05) is 19.9 Å². The first-order chi connectivity index (χ1) is 11.5. The van der Waals surface area contributed by atoms with Gasteiger partial charge in [0, 0.05) is 25.5 Å². The molecule has 2 atom stereocenters. The second-order valence-corrected chi connectivity index (χ2v) is 5.96. The minimum absolute atomic E-state index is 0.159.